The molecule has 2 fully saturated rings. The number of nitrogen functional groups attached to an aromatic ring is 1. The summed E-state index contributed by atoms with van der Waals surface area (Å²) in [6.45, 7) is 0. The first-order valence-corrected chi connectivity index (χ1v) is 5.97. The first-order chi connectivity index (χ1) is 7.84. The summed E-state index contributed by atoms with van der Waals surface area (Å²) in [5.74, 6) is 1.89. The minimum atomic E-state index is 0.634. The zero-order valence-corrected chi connectivity index (χ0v) is 9.06. The van der Waals surface area contributed by atoms with Gasteiger partial charge in [0.05, 0.1) is 5.69 Å². The third-order valence-corrected chi connectivity index (χ3v) is 3.49. The lowest BCUT2D eigenvalue weighted by molar-refractivity contribution is 0.697. The van der Waals surface area contributed by atoms with Gasteiger partial charge in [-0.25, -0.2) is 9.97 Å². The predicted molar refractivity (Wildman–Crippen MR) is 62.2 cm³/mol. The van der Waals surface area contributed by atoms with E-state index in [-0.39, 0.29) is 0 Å². The van der Waals surface area contributed by atoms with Crippen LogP contribution in [0.2, 0.25) is 0 Å². The van der Waals surface area contributed by atoms with Crippen molar-refractivity contribution < 1.29 is 0 Å². The quantitative estimate of drug-likeness (QED) is 0.834. The van der Waals surface area contributed by atoms with Crippen LogP contribution in [0.15, 0.2) is 12.3 Å². The molecule has 4 rings (SSSR count). The topological polar surface area (TPSA) is 56.7 Å². The Morgan fingerprint density at radius 2 is 2.06 bits per heavy atom. The molecule has 2 N–H and O–H groups in total. The van der Waals surface area contributed by atoms with Crippen LogP contribution >= 0.6 is 0 Å². The Hall–Kier alpha value is -1.58. The van der Waals surface area contributed by atoms with Crippen molar-refractivity contribution in [1.29, 1.82) is 0 Å². The molecule has 0 amide bonds. The number of hydrogen-bond acceptors (Lipinski definition) is 3. The van der Waals surface area contributed by atoms with Crippen LogP contribution in [0.4, 0.5) is 5.69 Å². The van der Waals surface area contributed by atoms with Crippen molar-refractivity contribution in [2.45, 2.75) is 37.6 Å². The molecular weight excluding hydrogens is 200 g/mol. The van der Waals surface area contributed by atoms with Gasteiger partial charge in [-0.2, -0.15) is 0 Å². The van der Waals surface area contributed by atoms with Gasteiger partial charge in [0.15, 0.2) is 5.65 Å². The highest BCUT2D eigenvalue weighted by molar-refractivity contribution is 5.84. The van der Waals surface area contributed by atoms with E-state index in [1.54, 1.807) is 6.20 Å². The van der Waals surface area contributed by atoms with Gasteiger partial charge in [-0.05, 0) is 31.7 Å². The Bertz CT molecular complexity index is 564. The minimum absolute atomic E-state index is 0.634. The molecule has 2 saturated carbocycles. The van der Waals surface area contributed by atoms with E-state index in [0.29, 0.717) is 12.0 Å². The van der Waals surface area contributed by atoms with E-state index in [2.05, 4.69) is 9.55 Å². The van der Waals surface area contributed by atoms with Crippen molar-refractivity contribution in [3.05, 3.63) is 18.1 Å². The molecule has 4 nitrogen and oxygen atoms in total. The van der Waals surface area contributed by atoms with Crippen molar-refractivity contribution in [3.63, 3.8) is 0 Å². The average molecular weight is 214 g/mol. The van der Waals surface area contributed by atoms with Crippen LogP contribution in [0.25, 0.3) is 11.2 Å². The van der Waals surface area contributed by atoms with E-state index < -0.39 is 0 Å². The number of hydrogen-bond donors (Lipinski definition) is 1. The highest BCUT2D eigenvalue weighted by atomic mass is 15.2. The molecule has 4 heteroatoms. The molecule has 16 heavy (non-hydrogen) atoms. The summed E-state index contributed by atoms with van der Waals surface area (Å²) in [6, 6.07) is 2.47. The maximum atomic E-state index is 5.96. The number of aromatic nitrogens is 3. The summed E-state index contributed by atoms with van der Waals surface area (Å²) >= 11 is 0. The fourth-order valence-corrected chi connectivity index (χ4v) is 2.35. The molecule has 2 aliphatic carbocycles. The molecule has 0 aromatic carbocycles. The number of imidazole rings is 1. The van der Waals surface area contributed by atoms with Gasteiger partial charge in [0.1, 0.15) is 11.3 Å². The lowest BCUT2D eigenvalue weighted by Crippen LogP contribution is -2.00. The van der Waals surface area contributed by atoms with Crippen LogP contribution in [0.1, 0.15) is 43.5 Å². The Morgan fingerprint density at radius 1 is 1.25 bits per heavy atom. The second-order valence-corrected chi connectivity index (χ2v) is 4.92. The number of fused-ring (bicyclic) bond motifs is 1. The minimum Gasteiger partial charge on any atom is -0.397 e. The Labute approximate surface area is 93.5 Å². The zero-order valence-electron chi connectivity index (χ0n) is 9.06. The van der Waals surface area contributed by atoms with Gasteiger partial charge < -0.3 is 10.3 Å². The van der Waals surface area contributed by atoms with E-state index in [4.69, 9.17) is 10.7 Å². The molecule has 0 aliphatic heterocycles. The summed E-state index contributed by atoms with van der Waals surface area (Å²) in [6.07, 6.45) is 6.87. The monoisotopic (exact) mass is 214 g/mol. The van der Waals surface area contributed by atoms with Gasteiger partial charge in [0.25, 0.3) is 0 Å². The zero-order chi connectivity index (χ0) is 10.7. The maximum absolute atomic E-state index is 5.96. The molecule has 0 unspecified atom stereocenters. The van der Waals surface area contributed by atoms with E-state index in [9.17, 15) is 0 Å². The summed E-state index contributed by atoms with van der Waals surface area (Å²) < 4.78 is 2.34. The van der Waals surface area contributed by atoms with E-state index in [1.807, 2.05) is 6.07 Å². The Balaban J connectivity index is 2.04. The number of rotatable bonds is 2. The molecule has 0 spiro atoms. The van der Waals surface area contributed by atoms with Gasteiger partial charge in [0.2, 0.25) is 0 Å². The molecule has 2 heterocycles. The van der Waals surface area contributed by atoms with Gasteiger partial charge in [0, 0.05) is 18.2 Å². The molecule has 2 aromatic rings. The standard InChI is InChI=1S/C12H14N4/c13-9-5-6-14-12-10(9)15-11(7-1-2-7)16(12)8-3-4-8/h5-8H,1-4H2,(H2,13,14). The highest BCUT2D eigenvalue weighted by Crippen LogP contribution is 2.46. The van der Waals surface area contributed by atoms with Crippen LogP contribution in [-0.4, -0.2) is 14.5 Å². The van der Waals surface area contributed by atoms with Crippen LogP contribution in [0.5, 0.6) is 0 Å². The number of anilines is 1. The summed E-state index contributed by atoms with van der Waals surface area (Å²) in [7, 11) is 0. The molecule has 0 atom stereocenters. The average Bonchev–Trinajstić information content (AvgIpc) is 3.16. The molecule has 2 aromatic heterocycles. The molecular formula is C12H14N4. The largest absolute Gasteiger partial charge is 0.397 e. The molecule has 82 valence electrons. The first-order valence-electron chi connectivity index (χ1n) is 5.97. The van der Waals surface area contributed by atoms with E-state index >= 15 is 0 Å². The maximum Gasteiger partial charge on any atom is 0.162 e. The van der Waals surface area contributed by atoms with Crippen molar-refractivity contribution in [1.82, 2.24) is 14.5 Å². The lowest BCUT2D eigenvalue weighted by atomic mass is 10.4. The number of nitrogens with zero attached hydrogens (tertiary/aromatic N) is 3. The van der Waals surface area contributed by atoms with Gasteiger partial charge in [-0.15, -0.1) is 0 Å². The van der Waals surface area contributed by atoms with Crippen molar-refractivity contribution in [2.24, 2.45) is 0 Å². The molecule has 0 saturated heterocycles. The second-order valence-electron chi connectivity index (χ2n) is 4.92. The van der Waals surface area contributed by atoms with Crippen molar-refractivity contribution >= 4 is 16.9 Å². The number of pyridine rings is 1. The SMILES string of the molecule is Nc1ccnc2c1nc(C1CC1)n2C1CC1. The molecule has 0 bridgehead atoms. The van der Waals surface area contributed by atoms with Gasteiger partial charge >= 0.3 is 0 Å². The molecule has 0 radical (unpaired) electrons. The van der Waals surface area contributed by atoms with Crippen LogP contribution < -0.4 is 5.73 Å². The Morgan fingerprint density at radius 3 is 2.75 bits per heavy atom. The van der Waals surface area contributed by atoms with Gasteiger partial charge in [-0.1, -0.05) is 0 Å². The third kappa shape index (κ3) is 1.10. The lowest BCUT2D eigenvalue weighted by Gasteiger charge is -2.04. The van der Waals surface area contributed by atoms with Crippen LogP contribution in [0, 0.1) is 0 Å². The fourth-order valence-electron chi connectivity index (χ4n) is 2.35. The predicted octanol–water partition coefficient (Wildman–Crippen LogP) is 2.23. The van der Waals surface area contributed by atoms with Gasteiger partial charge in [-0.3, -0.25) is 0 Å². The smallest absolute Gasteiger partial charge is 0.162 e. The second kappa shape index (κ2) is 2.75. The Kier molecular flexibility index (Phi) is 1.47. The summed E-state index contributed by atoms with van der Waals surface area (Å²) in [4.78, 5) is 9.17. The normalized spacial score (nSPS) is 20.5. The fraction of sp³-hybridized carbons (Fsp3) is 0.500. The van der Waals surface area contributed by atoms with E-state index in [1.165, 1.54) is 31.5 Å². The number of nitrogens with two attached hydrogens (primary N) is 1. The van der Waals surface area contributed by atoms with Crippen LogP contribution in [-0.2, 0) is 0 Å². The highest BCUT2D eigenvalue weighted by Gasteiger charge is 2.35. The van der Waals surface area contributed by atoms with E-state index in [0.717, 1.165) is 16.9 Å². The summed E-state index contributed by atoms with van der Waals surface area (Å²) in [5.41, 5.74) is 8.61. The molecule has 2 aliphatic rings. The first kappa shape index (κ1) is 8.56. The van der Waals surface area contributed by atoms with Crippen LogP contribution in [0.3, 0.4) is 0 Å². The summed E-state index contributed by atoms with van der Waals surface area (Å²) in [5, 5.41) is 0. The third-order valence-electron chi connectivity index (χ3n) is 3.49. The van der Waals surface area contributed by atoms with Crippen molar-refractivity contribution in [3.8, 4) is 0 Å². The van der Waals surface area contributed by atoms with Crippen molar-refractivity contribution in [2.75, 3.05) is 5.73 Å².